The van der Waals surface area contributed by atoms with Crippen molar-refractivity contribution >= 4 is 11.9 Å². The molecular weight excluding hydrogens is 402 g/mol. The molecule has 0 fully saturated rings. The lowest BCUT2D eigenvalue weighted by Crippen LogP contribution is -2.44. The molecule has 2 atom stereocenters. The van der Waals surface area contributed by atoms with Crippen LogP contribution in [-0.2, 0) is 20.7 Å². The number of hydrogen-bond acceptors (Lipinski definition) is 7. The quantitative estimate of drug-likeness (QED) is 0.699. The number of hydrogen-bond donors (Lipinski definition) is 0. The Kier molecular flexibility index (Phi) is 4.46. The average Bonchev–Trinajstić information content (AvgIpc) is 3.20. The summed E-state index contributed by atoms with van der Waals surface area (Å²) in [5.41, 5.74) is 4.52. The molecule has 1 amide bonds. The van der Waals surface area contributed by atoms with Gasteiger partial charge in [0, 0.05) is 25.0 Å². The second-order valence-electron chi connectivity index (χ2n) is 7.84. The van der Waals surface area contributed by atoms with E-state index in [1.54, 1.807) is 19.1 Å². The lowest BCUT2D eigenvalue weighted by atomic mass is 9.75. The highest BCUT2D eigenvalue weighted by atomic mass is 16.7. The molecule has 2 aromatic rings. The van der Waals surface area contributed by atoms with Crippen molar-refractivity contribution in [1.82, 2.24) is 4.90 Å². The van der Waals surface area contributed by atoms with E-state index in [1.807, 2.05) is 18.2 Å². The van der Waals surface area contributed by atoms with Gasteiger partial charge in [0.1, 0.15) is 6.10 Å². The van der Waals surface area contributed by atoms with E-state index in [0.717, 1.165) is 27.8 Å². The molecular formula is C23H23NO7. The van der Waals surface area contributed by atoms with Crippen molar-refractivity contribution in [3.63, 3.8) is 0 Å². The molecule has 3 aliphatic rings. The molecule has 8 nitrogen and oxygen atoms in total. The molecule has 2 heterocycles. The average molecular weight is 425 g/mol. The number of nitrogens with zero attached hydrogens (tertiary/aromatic N) is 1. The Balaban J connectivity index is 1.83. The zero-order valence-electron chi connectivity index (χ0n) is 17.8. The van der Waals surface area contributed by atoms with Crippen LogP contribution in [0.3, 0.4) is 0 Å². The fraction of sp³-hybridized carbons (Fsp3) is 0.391. The minimum absolute atomic E-state index is 0.0854. The van der Waals surface area contributed by atoms with E-state index >= 15 is 0 Å². The third-order valence-electron chi connectivity index (χ3n) is 6.15. The number of carbonyl (C=O) groups excluding carboxylic acids is 2. The molecule has 0 radical (unpaired) electrons. The van der Waals surface area contributed by atoms with Crippen LogP contribution in [0.4, 0.5) is 0 Å². The van der Waals surface area contributed by atoms with Crippen LogP contribution in [0.1, 0.15) is 42.7 Å². The maximum atomic E-state index is 12.6. The Morgan fingerprint density at radius 3 is 2.45 bits per heavy atom. The number of carbonyl (C=O) groups is 2. The molecule has 0 saturated carbocycles. The predicted molar refractivity (Wildman–Crippen MR) is 109 cm³/mol. The molecule has 162 valence electrons. The number of esters is 1. The molecule has 8 heteroatoms. The molecule has 0 saturated heterocycles. The van der Waals surface area contributed by atoms with Crippen LogP contribution >= 0.6 is 0 Å². The first-order valence-corrected chi connectivity index (χ1v) is 10.1. The lowest BCUT2D eigenvalue weighted by molar-refractivity contribution is -0.152. The highest BCUT2D eigenvalue weighted by Crippen LogP contribution is 2.56. The van der Waals surface area contributed by atoms with Crippen LogP contribution in [0.25, 0.3) is 11.1 Å². The van der Waals surface area contributed by atoms with Crippen molar-refractivity contribution in [2.75, 3.05) is 27.6 Å². The van der Waals surface area contributed by atoms with E-state index in [0.29, 0.717) is 29.4 Å². The van der Waals surface area contributed by atoms with Crippen molar-refractivity contribution in [1.29, 1.82) is 0 Å². The van der Waals surface area contributed by atoms with Crippen molar-refractivity contribution in [3.8, 4) is 34.1 Å². The van der Waals surface area contributed by atoms with E-state index in [4.69, 9.17) is 23.7 Å². The third kappa shape index (κ3) is 2.89. The van der Waals surface area contributed by atoms with Crippen LogP contribution in [-0.4, -0.2) is 44.3 Å². The first-order valence-electron chi connectivity index (χ1n) is 10.1. The van der Waals surface area contributed by atoms with E-state index in [9.17, 15) is 9.59 Å². The lowest BCUT2D eigenvalue weighted by Gasteiger charge is -2.44. The molecule has 0 N–H and O–H groups in total. The molecule has 5 rings (SSSR count). The Morgan fingerprint density at radius 1 is 1.06 bits per heavy atom. The van der Waals surface area contributed by atoms with Gasteiger partial charge in [0.2, 0.25) is 12.7 Å². The second kappa shape index (κ2) is 7.08. The monoisotopic (exact) mass is 425 g/mol. The van der Waals surface area contributed by atoms with Crippen LogP contribution < -0.4 is 18.9 Å². The van der Waals surface area contributed by atoms with Gasteiger partial charge < -0.3 is 28.6 Å². The van der Waals surface area contributed by atoms with Gasteiger partial charge in [-0.25, -0.2) is 0 Å². The summed E-state index contributed by atoms with van der Waals surface area (Å²) in [7, 11) is 3.16. The summed E-state index contributed by atoms with van der Waals surface area (Å²) >= 11 is 0. The predicted octanol–water partition coefficient (Wildman–Crippen LogP) is 3.16. The van der Waals surface area contributed by atoms with Crippen LogP contribution in [0.5, 0.6) is 23.0 Å². The van der Waals surface area contributed by atoms with Gasteiger partial charge in [0.25, 0.3) is 0 Å². The van der Waals surface area contributed by atoms with Gasteiger partial charge in [0.15, 0.2) is 23.0 Å². The van der Waals surface area contributed by atoms with Gasteiger partial charge in [0.05, 0.1) is 26.8 Å². The van der Waals surface area contributed by atoms with Crippen molar-refractivity contribution in [2.24, 2.45) is 0 Å². The third-order valence-corrected chi connectivity index (χ3v) is 6.15. The first-order chi connectivity index (χ1) is 14.9. The summed E-state index contributed by atoms with van der Waals surface area (Å²) < 4.78 is 28.2. The number of benzene rings is 2. The van der Waals surface area contributed by atoms with E-state index in [2.05, 4.69) is 0 Å². The van der Waals surface area contributed by atoms with E-state index in [1.165, 1.54) is 13.8 Å². The summed E-state index contributed by atoms with van der Waals surface area (Å²) in [6, 6.07) is 5.55. The molecule has 2 unspecified atom stereocenters. The van der Waals surface area contributed by atoms with Gasteiger partial charge in [-0.05, 0) is 41.3 Å². The van der Waals surface area contributed by atoms with Crippen molar-refractivity contribution in [2.45, 2.75) is 32.4 Å². The Bertz CT molecular complexity index is 1110. The number of ether oxygens (including phenoxy) is 5. The molecule has 0 aromatic heterocycles. The maximum Gasteiger partial charge on any atom is 0.303 e. The largest absolute Gasteiger partial charge is 0.493 e. The summed E-state index contributed by atoms with van der Waals surface area (Å²) in [6.07, 6.45) is 0.00940. The van der Waals surface area contributed by atoms with Gasteiger partial charge in [-0.15, -0.1) is 0 Å². The van der Waals surface area contributed by atoms with Crippen LogP contribution in [0.15, 0.2) is 18.2 Å². The Morgan fingerprint density at radius 2 is 1.81 bits per heavy atom. The van der Waals surface area contributed by atoms with Crippen LogP contribution in [0, 0.1) is 0 Å². The number of amides is 1. The minimum Gasteiger partial charge on any atom is -0.493 e. The van der Waals surface area contributed by atoms with Gasteiger partial charge in [-0.2, -0.15) is 0 Å². The summed E-state index contributed by atoms with van der Waals surface area (Å²) in [6.45, 7) is 3.35. The SMILES string of the molecule is COc1cc2c3c(c1OC)-c1cc4c(cc1CC3N(C(C)=O)CC2OC(C)=O)OCO4. The van der Waals surface area contributed by atoms with Gasteiger partial charge in [-0.1, -0.05) is 0 Å². The normalized spacial score (nSPS) is 19.9. The number of methoxy groups -OCH3 is 2. The zero-order chi connectivity index (χ0) is 21.9. The second-order valence-corrected chi connectivity index (χ2v) is 7.84. The molecule has 0 bridgehead atoms. The standard InChI is InChI=1S/C23H23NO7/c1-11(25)24-9-20(31-12(2)26)15-8-19(27-3)23(28-4)22-14-7-18-17(29-10-30-18)6-13(14)5-16(24)21(15)22/h6-8,16,20H,5,9-10H2,1-4H3. The molecule has 1 aliphatic carbocycles. The van der Waals surface area contributed by atoms with Crippen molar-refractivity contribution in [3.05, 3.63) is 34.9 Å². The fourth-order valence-corrected chi connectivity index (χ4v) is 4.94. The zero-order valence-corrected chi connectivity index (χ0v) is 17.8. The molecule has 2 aliphatic heterocycles. The van der Waals surface area contributed by atoms with Gasteiger partial charge >= 0.3 is 5.97 Å². The minimum atomic E-state index is -0.596. The smallest absolute Gasteiger partial charge is 0.303 e. The molecule has 0 spiro atoms. The summed E-state index contributed by atoms with van der Waals surface area (Å²) in [5, 5.41) is 0. The molecule has 2 aromatic carbocycles. The topological polar surface area (TPSA) is 83.5 Å². The first kappa shape index (κ1) is 19.5. The fourth-order valence-electron chi connectivity index (χ4n) is 4.94. The Labute approximate surface area is 179 Å². The summed E-state index contributed by atoms with van der Waals surface area (Å²) in [5.74, 6) is 1.96. The highest BCUT2D eigenvalue weighted by Gasteiger charge is 2.43. The summed E-state index contributed by atoms with van der Waals surface area (Å²) in [4.78, 5) is 26.2. The van der Waals surface area contributed by atoms with Crippen LogP contribution in [0.2, 0.25) is 0 Å². The molecule has 31 heavy (non-hydrogen) atoms. The van der Waals surface area contributed by atoms with E-state index < -0.39 is 12.1 Å². The van der Waals surface area contributed by atoms with Gasteiger partial charge in [-0.3, -0.25) is 9.59 Å². The Hall–Kier alpha value is -3.42. The number of fused-ring (bicyclic) bond motifs is 3. The number of rotatable bonds is 3. The van der Waals surface area contributed by atoms with Crippen molar-refractivity contribution < 1.29 is 33.3 Å². The van der Waals surface area contributed by atoms with E-state index in [-0.39, 0.29) is 25.3 Å². The maximum absolute atomic E-state index is 12.6. The highest BCUT2D eigenvalue weighted by molar-refractivity contribution is 5.87.